The maximum Gasteiger partial charge on any atom is 0.173 e. The smallest absolute Gasteiger partial charge is 0.173 e. The predicted molar refractivity (Wildman–Crippen MR) is 72.4 cm³/mol. The number of ether oxygens (including phenoxy) is 3. The van der Waals surface area contributed by atoms with Gasteiger partial charge in [0.05, 0.1) is 21.3 Å². The van der Waals surface area contributed by atoms with E-state index >= 15 is 0 Å². The van der Waals surface area contributed by atoms with Crippen LogP contribution in [0, 0.1) is 5.92 Å². The molecule has 0 aliphatic heterocycles. The van der Waals surface area contributed by atoms with Gasteiger partial charge in [-0.1, -0.05) is 12.8 Å². The number of rotatable bonds is 5. The van der Waals surface area contributed by atoms with E-state index in [4.69, 9.17) is 14.2 Å². The first-order valence-electron chi connectivity index (χ1n) is 6.55. The van der Waals surface area contributed by atoms with Crippen molar-refractivity contribution in [1.29, 1.82) is 0 Å². The Labute approximate surface area is 113 Å². The lowest BCUT2D eigenvalue weighted by Gasteiger charge is -2.16. The van der Waals surface area contributed by atoms with E-state index in [0.29, 0.717) is 22.8 Å². The summed E-state index contributed by atoms with van der Waals surface area (Å²) in [5.74, 6) is 1.88. The van der Waals surface area contributed by atoms with Gasteiger partial charge in [-0.2, -0.15) is 0 Å². The monoisotopic (exact) mass is 264 g/mol. The average Bonchev–Trinajstić information content (AvgIpc) is 2.99. The summed E-state index contributed by atoms with van der Waals surface area (Å²) in [6.45, 7) is 0. The number of hydrogen-bond donors (Lipinski definition) is 0. The normalized spacial score (nSPS) is 15.3. The fraction of sp³-hybridized carbons (Fsp3) is 0.533. The first kappa shape index (κ1) is 13.7. The minimum Gasteiger partial charge on any atom is -0.496 e. The van der Waals surface area contributed by atoms with Gasteiger partial charge in [0.15, 0.2) is 5.78 Å². The summed E-state index contributed by atoms with van der Waals surface area (Å²) in [7, 11) is 4.69. The minimum absolute atomic E-state index is 0.0937. The van der Waals surface area contributed by atoms with Crippen molar-refractivity contribution in [2.24, 2.45) is 5.92 Å². The molecule has 0 bridgehead atoms. The molecule has 4 nitrogen and oxygen atoms in total. The summed E-state index contributed by atoms with van der Waals surface area (Å²) in [5, 5.41) is 0. The van der Waals surface area contributed by atoms with Crippen LogP contribution < -0.4 is 14.2 Å². The molecule has 0 atom stereocenters. The van der Waals surface area contributed by atoms with Gasteiger partial charge in [0.2, 0.25) is 0 Å². The van der Waals surface area contributed by atoms with Gasteiger partial charge < -0.3 is 14.2 Å². The zero-order valence-electron chi connectivity index (χ0n) is 11.7. The Morgan fingerprint density at radius 1 is 1.00 bits per heavy atom. The third kappa shape index (κ3) is 2.67. The van der Waals surface area contributed by atoms with Crippen molar-refractivity contribution >= 4 is 5.78 Å². The molecule has 1 fully saturated rings. The lowest BCUT2D eigenvalue weighted by atomic mass is 9.94. The third-order valence-corrected chi connectivity index (χ3v) is 3.69. The molecule has 0 spiro atoms. The molecule has 0 heterocycles. The summed E-state index contributed by atoms with van der Waals surface area (Å²) in [6, 6.07) is 3.45. The molecule has 0 radical (unpaired) electrons. The van der Waals surface area contributed by atoms with Crippen LogP contribution in [0.25, 0.3) is 0 Å². The molecule has 19 heavy (non-hydrogen) atoms. The van der Waals surface area contributed by atoms with Crippen LogP contribution in [0.5, 0.6) is 17.2 Å². The molecule has 1 aliphatic rings. The molecule has 1 saturated carbocycles. The largest absolute Gasteiger partial charge is 0.496 e. The Hall–Kier alpha value is -1.71. The fourth-order valence-corrected chi connectivity index (χ4v) is 2.64. The van der Waals surface area contributed by atoms with Crippen molar-refractivity contribution in [3.63, 3.8) is 0 Å². The quantitative estimate of drug-likeness (QED) is 0.767. The van der Waals surface area contributed by atoms with Gasteiger partial charge in [-0.3, -0.25) is 4.79 Å². The second-order valence-corrected chi connectivity index (χ2v) is 4.75. The molecule has 0 saturated heterocycles. The van der Waals surface area contributed by atoms with Crippen LogP contribution in [0.3, 0.4) is 0 Å². The van der Waals surface area contributed by atoms with Crippen LogP contribution in [-0.4, -0.2) is 27.1 Å². The highest BCUT2D eigenvalue weighted by atomic mass is 16.5. The first-order valence-corrected chi connectivity index (χ1v) is 6.55. The van der Waals surface area contributed by atoms with E-state index < -0.39 is 0 Å². The van der Waals surface area contributed by atoms with Gasteiger partial charge in [-0.05, 0) is 12.8 Å². The molecule has 0 amide bonds. The van der Waals surface area contributed by atoms with Gasteiger partial charge >= 0.3 is 0 Å². The highest BCUT2D eigenvalue weighted by Gasteiger charge is 2.29. The van der Waals surface area contributed by atoms with Gasteiger partial charge in [0.1, 0.15) is 22.8 Å². The molecule has 0 N–H and O–H groups in total. The van der Waals surface area contributed by atoms with Crippen LogP contribution in [0.2, 0.25) is 0 Å². The Kier molecular flexibility index (Phi) is 4.30. The molecule has 104 valence electrons. The lowest BCUT2D eigenvalue weighted by molar-refractivity contribution is 0.0916. The highest BCUT2D eigenvalue weighted by Crippen LogP contribution is 2.38. The lowest BCUT2D eigenvalue weighted by Crippen LogP contribution is -2.14. The van der Waals surface area contributed by atoms with E-state index in [-0.39, 0.29) is 11.7 Å². The van der Waals surface area contributed by atoms with Crippen LogP contribution >= 0.6 is 0 Å². The van der Waals surface area contributed by atoms with Crippen LogP contribution in [0.1, 0.15) is 36.0 Å². The van der Waals surface area contributed by atoms with E-state index in [1.54, 1.807) is 33.5 Å². The summed E-state index contributed by atoms with van der Waals surface area (Å²) in [6.07, 6.45) is 4.16. The Balaban J connectivity index is 2.44. The number of benzene rings is 1. The predicted octanol–water partition coefficient (Wildman–Crippen LogP) is 3.09. The first-order chi connectivity index (χ1) is 9.21. The standard InChI is InChI=1S/C15H20O4/c1-17-11-8-12(18-2)14(13(9-11)19-3)15(16)10-6-4-5-7-10/h8-10H,4-7H2,1-3H3. The van der Waals surface area contributed by atoms with Gasteiger partial charge in [0, 0.05) is 18.1 Å². The van der Waals surface area contributed by atoms with Crippen molar-refractivity contribution in [2.75, 3.05) is 21.3 Å². The SMILES string of the molecule is COc1cc(OC)c(C(=O)C2CCCC2)c(OC)c1. The van der Waals surface area contributed by atoms with Gasteiger partial charge in [-0.25, -0.2) is 0 Å². The molecule has 1 aliphatic carbocycles. The van der Waals surface area contributed by atoms with Crippen LogP contribution in [0.15, 0.2) is 12.1 Å². The third-order valence-electron chi connectivity index (χ3n) is 3.69. The van der Waals surface area contributed by atoms with E-state index in [1.165, 1.54) is 0 Å². The van der Waals surface area contributed by atoms with E-state index in [2.05, 4.69) is 0 Å². The number of carbonyl (C=O) groups excluding carboxylic acids is 1. The van der Waals surface area contributed by atoms with Gasteiger partial charge in [-0.15, -0.1) is 0 Å². The van der Waals surface area contributed by atoms with Crippen molar-refractivity contribution < 1.29 is 19.0 Å². The number of methoxy groups -OCH3 is 3. The van der Waals surface area contributed by atoms with Crippen molar-refractivity contribution in [1.82, 2.24) is 0 Å². The summed E-state index contributed by atoms with van der Waals surface area (Å²) < 4.78 is 15.8. The van der Waals surface area contributed by atoms with E-state index in [0.717, 1.165) is 25.7 Å². The van der Waals surface area contributed by atoms with E-state index in [1.807, 2.05) is 0 Å². The number of carbonyl (C=O) groups is 1. The Morgan fingerprint density at radius 3 is 1.95 bits per heavy atom. The summed E-state index contributed by atoms with van der Waals surface area (Å²) in [4.78, 5) is 12.6. The molecule has 4 heteroatoms. The molecule has 2 rings (SSSR count). The van der Waals surface area contributed by atoms with Crippen LogP contribution in [0.4, 0.5) is 0 Å². The minimum atomic E-state index is 0.0937. The average molecular weight is 264 g/mol. The summed E-state index contributed by atoms with van der Waals surface area (Å²) >= 11 is 0. The molecule has 1 aromatic carbocycles. The van der Waals surface area contributed by atoms with E-state index in [9.17, 15) is 4.79 Å². The van der Waals surface area contributed by atoms with Gasteiger partial charge in [0.25, 0.3) is 0 Å². The molecule has 0 aromatic heterocycles. The number of Topliss-reactive ketones (excluding diaryl/α,β-unsaturated/α-hetero) is 1. The second kappa shape index (κ2) is 5.95. The molecule has 0 unspecified atom stereocenters. The molecular formula is C15H20O4. The number of hydrogen-bond acceptors (Lipinski definition) is 4. The van der Waals surface area contributed by atoms with Crippen molar-refractivity contribution in [3.05, 3.63) is 17.7 Å². The Morgan fingerprint density at radius 2 is 1.53 bits per heavy atom. The summed E-state index contributed by atoms with van der Waals surface area (Å²) in [5.41, 5.74) is 0.540. The maximum absolute atomic E-state index is 12.6. The zero-order valence-corrected chi connectivity index (χ0v) is 11.7. The Bertz CT molecular complexity index is 436. The number of ketones is 1. The maximum atomic E-state index is 12.6. The van der Waals surface area contributed by atoms with Crippen LogP contribution in [-0.2, 0) is 0 Å². The highest BCUT2D eigenvalue weighted by molar-refractivity contribution is 6.03. The second-order valence-electron chi connectivity index (χ2n) is 4.75. The van der Waals surface area contributed by atoms with Crippen molar-refractivity contribution in [3.8, 4) is 17.2 Å². The van der Waals surface area contributed by atoms with Crippen molar-refractivity contribution in [2.45, 2.75) is 25.7 Å². The molecule has 1 aromatic rings. The zero-order chi connectivity index (χ0) is 13.8. The topological polar surface area (TPSA) is 44.8 Å². The molecular weight excluding hydrogens is 244 g/mol. The fourth-order valence-electron chi connectivity index (χ4n) is 2.64.